The first kappa shape index (κ1) is 12.9. The molecule has 1 aliphatic heterocycles. The molecule has 0 radical (unpaired) electrons. The molecular weight excluding hydrogens is 226 g/mol. The number of benzene rings is 1. The van der Waals surface area contributed by atoms with E-state index in [0.717, 1.165) is 18.8 Å². The highest BCUT2D eigenvalue weighted by Crippen LogP contribution is 2.23. The zero-order valence-corrected chi connectivity index (χ0v) is 10.9. The SMILES string of the molecule is CC[C@H](N)C(=O)Nc1cccc(N2CCCC2)c1. The van der Waals surface area contributed by atoms with Gasteiger partial charge in [0.05, 0.1) is 6.04 Å². The molecular formula is C14H21N3O. The van der Waals surface area contributed by atoms with Crippen LogP contribution in [0.2, 0.25) is 0 Å². The Balaban J connectivity index is 2.05. The largest absolute Gasteiger partial charge is 0.371 e. The molecule has 1 fully saturated rings. The van der Waals surface area contributed by atoms with Crippen LogP contribution in [-0.2, 0) is 4.79 Å². The molecule has 4 nitrogen and oxygen atoms in total. The van der Waals surface area contributed by atoms with Crippen molar-refractivity contribution in [1.82, 2.24) is 0 Å². The van der Waals surface area contributed by atoms with Crippen LogP contribution in [0.25, 0.3) is 0 Å². The lowest BCUT2D eigenvalue weighted by Gasteiger charge is -2.19. The summed E-state index contributed by atoms with van der Waals surface area (Å²) in [5, 5.41) is 2.87. The van der Waals surface area contributed by atoms with Gasteiger partial charge in [-0.3, -0.25) is 4.79 Å². The Bertz CT molecular complexity index is 413. The second kappa shape index (κ2) is 5.87. The summed E-state index contributed by atoms with van der Waals surface area (Å²) in [4.78, 5) is 14.1. The first-order chi connectivity index (χ1) is 8.70. The Labute approximate surface area is 108 Å². The molecule has 0 unspecified atom stereocenters. The number of hydrogen-bond acceptors (Lipinski definition) is 3. The maximum Gasteiger partial charge on any atom is 0.241 e. The van der Waals surface area contributed by atoms with Crippen molar-refractivity contribution in [3.8, 4) is 0 Å². The first-order valence-electron chi connectivity index (χ1n) is 6.62. The van der Waals surface area contributed by atoms with Crippen molar-refractivity contribution >= 4 is 17.3 Å². The van der Waals surface area contributed by atoms with E-state index in [0.29, 0.717) is 6.42 Å². The molecule has 1 atom stereocenters. The third kappa shape index (κ3) is 3.01. The molecule has 1 saturated heterocycles. The van der Waals surface area contributed by atoms with Gasteiger partial charge in [-0.25, -0.2) is 0 Å². The molecule has 0 saturated carbocycles. The fraction of sp³-hybridized carbons (Fsp3) is 0.500. The maximum absolute atomic E-state index is 11.7. The monoisotopic (exact) mass is 247 g/mol. The van der Waals surface area contributed by atoms with Gasteiger partial charge in [-0.05, 0) is 37.5 Å². The van der Waals surface area contributed by atoms with Crippen molar-refractivity contribution < 1.29 is 4.79 Å². The van der Waals surface area contributed by atoms with Crippen LogP contribution in [0.1, 0.15) is 26.2 Å². The number of amides is 1. The van der Waals surface area contributed by atoms with E-state index in [1.807, 2.05) is 25.1 Å². The van der Waals surface area contributed by atoms with Crippen LogP contribution in [0, 0.1) is 0 Å². The number of rotatable bonds is 4. The Hall–Kier alpha value is -1.55. The van der Waals surface area contributed by atoms with Crippen molar-refractivity contribution in [2.24, 2.45) is 5.73 Å². The number of nitrogens with one attached hydrogen (secondary N) is 1. The standard InChI is InChI=1S/C14H21N3O/c1-2-13(15)14(18)16-11-6-5-7-12(10-11)17-8-3-4-9-17/h5-7,10,13H,2-4,8-9,15H2,1H3,(H,16,18)/t13-/m0/s1. The highest BCUT2D eigenvalue weighted by Gasteiger charge is 2.14. The average Bonchev–Trinajstić information content (AvgIpc) is 2.92. The average molecular weight is 247 g/mol. The second-order valence-corrected chi connectivity index (χ2v) is 4.75. The van der Waals surface area contributed by atoms with Gasteiger partial charge in [-0.2, -0.15) is 0 Å². The minimum absolute atomic E-state index is 0.115. The Kier molecular flexibility index (Phi) is 4.20. The zero-order chi connectivity index (χ0) is 13.0. The lowest BCUT2D eigenvalue weighted by atomic mass is 10.2. The van der Waals surface area contributed by atoms with Crippen LogP contribution >= 0.6 is 0 Å². The fourth-order valence-electron chi connectivity index (χ4n) is 2.18. The molecule has 2 rings (SSSR count). The third-order valence-electron chi connectivity index (χ3n) is 3.36. The van der Waals surface area contributed by atoms with Gasteiger partial charge in [0.25, 0.3) is 0 Å². The summed E-state index contributed by atoms with van der Waals surface area (Å²) < 4.78 is 0. The lowest BCUT2D eigenvalue weighted by molar-refractivity contribution is -0.117. The summed E-state index contributed by atoms with van der Waals surface area (Å²) in [6.45, 7) is 4.11. The van der Waals surface area contributed by atoms with Crippen molar-refractivity contribution in [2.45, 2.75) is 32.2 Å². The molecule has 4 heteroatoms. The van der Waals surface area contributed by atoms with Crippen molar-refractivity contribution in [3.05, 3.63) is 24.3 Å². The molecule has 0 aromatic heterocycles. The van der Waals surface area contributed by atoms with Crippen molar-refractivity contribution in [2.75, 3.05) is 23.3 Å². The van der Waals surface area contributed by atoms with Crippen LogP contribution in [-0.4, -0.2) is 25.0 Å². The van der Waals surface area contributed by atoms with E-state index in [2.05, 4.69) is 16.3 Å². The van der Waals surface area contributed by atoms with Gasteiger partial charge in [-0.1, -0.05) is 13.0 Å². The highest BCUT2D eigenvalue weighted by atomic mass is 16.2. The van der Waals surface area contributed by atoms with Crippen molar-refractivity contribution in [1.29, 1.82) is 0 Å². The molecule has 0 aliphatic carbocycles. The number of carbonyl (C=O) groups excluding carboxylic acids is 1. The Morgan fingerprint density at radius 1 is 1.44 bits per heavy atom. The van der Waals surface area contributed by atoms with E-state index < -0.39 is 6.04 Å². The maximum atomic E-state index is 11.7. The molecule has 1 aromatic rings. The third-order valence-corrected chi connectivity index (χ3v) is 3.36. The zero-order valence-electron chi connectivity index (χ0n) is 10.9. The molecule has 1 aliphatic rings. The molecule has 0 bridgehead atoms. The summed E-state index contributed by atoms with van der Waals surface area (Å²) in [5.74, 6) is -0.115. The van der Waals surface area contributed by atoms with Gasteiger partial charge >= 0.3 is 0 Å². The number of nitrogens with zero attached hydrogens (tertiary/aromatic N) is 1. The van der Waals surface area contributed by atoms with Gasteiger partial charge in [0.2, 0.25) is 5.91 Å². The van der Waals surface area contributed by atoms with E-state index in [9.17, 15) is 4.79 Å². The van der Waals surface area contributed by atoms with E-state index in [-0.39, 0.29) is 5.91 Å². The predicted molar refractivity (Wildman–Crippen MR) is 74.8 cm³/mol. The van der Waals surface area contributed by atoms with Crippen LogP contribution < -0.4 is 16.0 Å². The summed E-state index contributed by atoms with van der Waals surface area (Å²) in [7, 11) is 0. The number of hydrogen-bond donors (Lipinski definition) is 2. The van der Waals surface area contributed by atoms with Gasteiger partial charge in [-0.15, -0.1) is 0 Å². The molecule has 98 valence electrons. The van der Waals surface area contributed by atoms with E-state index in [4.69, 9.17) is 5.73 Å². The lowest BCUT2D eigenvalue weighted by Crippen LogP contribution is -2.34. The van der Waals surface area contributed by atoms with Crippen LogP contribution in [0.5, 0.6) is 0 Å². The van der Waals surface area contributed by atoms with Crippen LogP contribution in [0.15, 0.2) is 24.3 Å². The van der Waals surface area contributed by atoms with E-state index in [1.165, 1.54) is 18.5 Å². The first-order valence-corrected chi connectivity index (χ1v) is 6.62. The summed E-state index contributed by atoms with van der Waals surface area (Å²) in [5.41, 5.74) is 7.71. The van der Waals surface area contributed by atoms with Crippen LogP contribution in [0.4, 0.5) is 11.4 Å². The van der Waals surface area contributed by atoms with E-state index >= 15 is 0 Å². The molecule has 18 heavy (non-hydrogen) atoms. The smallest absolute Gasteiger partial charge is 0.241 e. The van der Waals surface area contributed by atoms with Gasteiger partial charge in [0, 0.05) is 24.5 Å². The number of carbonyl (C=O) groups is 1. The summed E-state index contributed by atoms with van der Waals surface area (Å²) >= 11 is 0. The van der Waals surface area contributed by atoms with Crippen molar-refractivity contribution in [3.63, 3.8) is 0 Å². The molecule has 0 spiro atoms. The quantitative estimate of drug-likeness (QED) is 0.855. The van der Waals surface area contributed by atoms with E-state index in [1.54, 1.807) is 0 Å². The predicted octanol–water partition coefficient (Wildman–Crippen LogP) is 1.96. The van der Waals surface area contributed by atoms with Gasteiger partial charge < -0.3 is 16.0 Å². The Morgan fingerprint density at radius 3 is 2.83 bits per heavy atom. The minimum atomic E-state index is -0.430. The molecule has 1 amide bonds. The normalized spacial score (nSPS) is 16.7. The highest BCUT2D eigenvalue weighted by molar-refractivity contribution is 5.95. The number of anilines is 2. The second-order valence-electron chi connectivity index (χ2n) is 4.75. The van der Waals surface area contributed by atoms with Crippen LogP contribution in [0.3, 0.4) is 0 Å². The Morgan fingerprint density at radius 2 is 2.17 bits per heavy atom. The topological polar surface area (TPSA) is 58.4 Å². The summed E-state index contributed by atoms with van der Waals surface area (Å²) in [6, 6.07) is 7.55. The summed E-state index contributed by atoms with van der Waals surface area (Å²) in [6.07, 6.45) is 3.15. The van der Waals surface area contributed by atoms with Gasteiger partial charge in [0.15, 0.2) is 0 Å². The molecule has 1 aromatic carbocycles. The fourth-order valence-corrected chi connectivity index (χ4v) is 2.18. The molecule has 1 heterocycles. The minimum Gasteiger partial charge on any atom is -0.371 e. The molecule has 3 N–H and O–H groups in total. The number of nitrogens with two attached hydrogens (primary N) is 1. The van der Waals surface area contributed by atoms with Gasteiger partial charge in [0.1, 0.15) is 0 Å².